The third-order valence-corrected chi connectivity index (χ3v) is 4.65. The number of hydrogen-bond donors (Lipinski definition) is 2. The molecule has 2 N–H and O–H groups in total. The molecule has 1 aromatic heterocycles. The average Bonchev–Trinajstić information content (AvgIpc) is 3.28. The first-order valence-electron chi connectivity index (χ1n) is 9.55. The van der Waals surface area contributed by atoms with Crippen LogP contribution in [0.4, 0.5) is 11.4 Å². The van der Waals surface area contributed by atoms with Gasteiger partial charge in [-0.25, -0.2) is 0 Å². The predicted octanol–water partition coefficient (Wildman–Crippen LogP) is 4.10. The predicted molar refractivity (Wildman–Crippen MR) is 115 cm³/mol. The SMILES string of the molecule is Cc1cccc(C(=O)NCCCN(C)c2ccccc2)c1NC(=O)c1ccco1. The van der Waals surface area contributed by atoms with E-state index < -0.39 is 0 Å². The van der Waals surface area contributed by atoms with Gasteiger partial charge in [-0.1, -0.05) is 30.3 Å². The van der Waals surface area contributed by atoms with E-state index in [1.54, 1.807) is 24.3 Å². The maximum Gasteiger partial charge on any atom is 0.291 e. The molecule has 3 aromatic rings. The van der Waals surface area contributed by atoms with E-state index in [2.05, 4.69) is 27.7 Å². The van der Waals surface area contributed by atoms with E-state index in [0.717, 1.165) is 24.2 Å². The van der Waals surface area contributed by atoms with Gasteiger partial charge in [0, 0.05) is 25.8 Å². The fourth-order valence-electron chi connectivity index (χ4n) is 3.03. The molecule has 2 aromatic carbocycles. The van der Waals surface area contributed by atoms with Crippen LogP contribution in [0.25, 0.3) is 0 Å². The summed E-state index contributed by atoms with van der Waals surface area (Å²) in [5.74, 6) is -0.405. The molecule has 0 fully saturated rings. The summed E-state index contributed by atoms with van der Waals surface area (Å²) in [6, 6.07) is 18.7. The number of nitrogens with zero attached hydrogens (tertiary/aromatic N) is 1. The summed E-state index contributed by atoms with van der Waals surface area (Å²) in [5, 5.41) is 5.73. The lowest BCUT2D eigenvalue weighted by molar-refractivity contribution is 0.0954. The largest absolute Gasteiger partial charge is 0.459 e. The summed E-state index contributed by atoms with van der Waals surface area (Å²) in [6.45, 7) is 3.21. The van der Waals surface area contributed by atoms with Gasteiger partial charge >= 0.3 is 0 Å². The smallest absolute Gasteiger partial charge is 0.291 e. The van der Waals surface area contributed by atoms with Crippen molar-refractivity contribution in [3.63, 3.8) is 0 Å². The van der Waals surface area contributed by atoms with Gasteiger partial charge < -0.3 is 20.0 Å². The first kappa shape index (κ1) is 20.2. The monoisotopic (exact) mass is 391 g/mol. The number of nitrogens with one attached hydrogen (secondary N) is 2. The number of anilines is 2. The lowest BCUT2D eigenvalue weighted by atomic mass is 10.1. The van der Waals surface area contributed by atoms with Gasteiger partial charge in [-0.3, -0.25) is 9.59 Å². The highest BCUT2D eigenvalue weighted by atomic mass is 16.3. The van der Waals surface area contributed by atoms with Crippen molar-refractivity contribution < 1.29 is 14.0 Å². The van der Waals surface area contributed by atoms with Crippen LogP contribution in [0.1, 0.15) is 32.9 Å². The van der Waals surface area contributed by atoms with Crippen LogP contribution in [-0.4, -0.2) is 32.0 Å². The number of aryl methyl sites for hydroxylation is 1. The average molecular weight is 391 g/mol. The van der Waals surface area contributed by atoms with Crippen molar-refractivity contribution >= 4 is 23.2 Å². The van der Waals surface area contributed by atoms with Gasteiger partial charge in [-0.05, 0) is 49.2 Å². The van der Waals surface area contributed by atoms with Crippen LogP contribution in [0.5, 0.6) is 0 Å². The Morgan fingerprint density at radius 3 is 2.48 bits per heavy atom. The number of furan rings is 1. The zero-order chi connectivity index (χ0) is 20.6. The maximum atomic E-state index is 12.7. The molecule has 0 aliphatic heterocycles. The summed E-state index contributed by atoms with van der Waals surface area (Å²) in [5.41, 5.74) is 2.87. The topological polar surface area (TPSA) is 74.6 Å². The van der Waals surface area contributed by atoms with Crippen LogP contribution in [0.2, 0.25) is 0 Å². The lowest BCUT2D eigenvalue weighted by Crippen LogP contribution is -2.29. The molecular weight excluding hydrogens is 366 g/mol. The Hall–Kier alpha value is -3.54. The lowest BCUT2D eigenvalue weighted by Gasteiger charge is -2.19. The Balaban J connectivity index is 1.58. The molecule has 0 atom stereocenters. The van der Waals surface area contributed by atoms with Crippen LogP contribution in [-0.2, 0) is 0 Å². The molecule has 0 radical (unpaired) electrons. The van der Waals surface area contributed by atoms with Gasteiger partial charge in [-0.15, -0.1) is 0 Å². The highest BCUT2D eigenvalue weighted by molar-refractivity contribution is 6.08. The fourth-order valence-corrected chi connectivity index (χ4v) is 3.03. The first-order chi connectivity index (χ1) is 14.1. The van der Waals surface area contributed by atoms with E-state index in [9.17, 15) is 9.59 Å². The number of benzene rings is 2. The van der Waals surface area contributed by atoms with Gasteiger partial charge in [-0.2, -0.15) is 0 Å². The van der Waals surface area contributed by atoms with Crippen molar-refractivity contribution in [1.82, 2.24) is 5.32 Å². The van der Waals surface area contributed by atoms with Crippen molar-refractivity contribution in [2.75, 3.05) is 30.4 Å². The van der Waals surface area contributed by atoms with E-state index in [-0.39, 0.29) is 17.6 Å². The van der Waals surface area contributed by atoms with Crippen LogP contribution in [0, 0.1) is 6.92 Å². The second-order valence-electron chi connectivity index (χ2n) is 6.80. The van der Waals surface area contributed by atoms with E-state index >= 15 is 0 Å². The zero-order valence-electron chi connectivity index (χ0n) is 16.6. The van der Waals surface area contributed by atoms with Crippen molar-refractivity contribution in [2.24, 2.45) is 0 Å². The summed E-state index contributed by atoms with van der Waals surface area (Å²) in [6.07, 6.45) is 2.24. The van der Waals surface area contributed by atoms with Gasteiger partial charge in [0.25, 0.3) is 11.8 Å². The van der Waals surface area contributed by atoms with Crippen LogP contribution < -0.4 is 15.5 Å². The molecule has 0 unspecified atom stereocenters. The molecule has 0 aliphatic carbocycles. The summed E-state index contributed by atoms with van der Waals surface area (Å²) in [4.78, 5) is 27.2. The van der Waals surface area contributed by atoms with Gasteiger partial charge in [0.2, 0.25) is 0 Å². The van der Waals surface area contributed by atoms with E-state index in [1.165, 1.54) is 6.26 Å². The van der Waals surface area contributed by atoms with Crippen molar-refractivity contribution in [2.45, 2.75) is 13.3 Å². The summed E-state index contributed by atoms with van der Waals surface area (Å²) < 4.78 is 5.13. The van der Waals surface area contributed by atoms with Gasteiger partial charge in [0.1, 0.15) is 0 Å². The Bertz CT molecular complexity index is 953. The number of rotatable bonds is 8. The molecule has 0 aliphatic rings. The van der Waals surface area contributed by atoms with Crippen LogP contribution in [0.15, 0.2) is 71.3 Å². The van der Waals surface area contributed by atoms with E-state index in [1.807, 2.05) is 38.2 Å². The maximum absolute atomic E-state index is 12.7. The minimum absolute atomic E-state index is 0.198. The number of carbonyl (C=O) groups is 2. The molecule has 0 saturated heterocycles. The zero-order valence-corrected chi connectivity index (χ0v) is 16.6. The van der Waals surface area contributed by atoms with Crippen molar-refractivity contribution in [1.29, 1.82) is 0 Å². The number of hydrogen-bond acceptors (Lipinski definition) is 4. The number of amides is 2. The molecule has 2 amide bonds. The number of carbonyl (C=O) groups excluding carboxylic acids is 2. The van der Waals surface area contributed by atoms with Gasteiger partial charge in [0.15, 0.2) is 5.76 Å². The molecular formula is C23H25N3O3. The second-order valence-corrected chi connectivity index (χ2v) is 6.80. The van der Waals surface area contributed by atoms with Gasteiger partial charge in [0.05, 0.1) is 17.5 Å². The molecule has 29 heavy (non-hydrogen) atoms. The quantitative estimate of drug-likeness (QED) is 0.567. The molecule has 0 bridgehead atoms. The van der Waals surface area contributed by atoms with Crippen LogP contribution in [0.3, 0.4) is 0 Å². The molecule has 0 spiro atoms. The summed E-state index contributed by atoms with van der Waals surface area (Å²) in [7, 11) is 2.03. The Kier molecular flexibility index (Phi) is 6.68. The second kappa shape index (κ2) is 9.59. The van der Waals surface area contributed by atoms with Crippen LogP contribution >= 0.6 is 0 Å². The Labute approximate surface area is 170 Å². The minimum Gasteiger partial charge on any atom is -0.459 e. The molecule has 1 heterocycles. The van der Waals surface area contributed by atoms with Crippen molar-refractivity contribution in [3.8, 4) is 0 Å². The van der Waals surface area contributed by atoms with E-state index in [0.29, 0.717) is 17.8 Å². The summed E-state index contributed by atoms with van der Waals surface area (Å²) >= 11 is 0. The third kappa shape index (κ3) is 5.25. The fraction of sp³-hybridized carbons (Fsp3) is 0.217. The molecule has 3 rings (SSSR count). The standard InChI is InChI=1S/C23H25N3O3/c1-17-9-6-12-19(21(17)25-23(28)20-13-7-16-29-20)22(27)24-14-8-15-26(2)18-10-4-3-5-11-18/h3-7,9-13,16H,8,14-15H2,1-2H3,(H,24,27)(H,25,28). The third-order valence-electron chi connectivity index (χ3n) is 4.65. The molecule has 6 nitrogen and oxygen atoms in total. The Morgan fingerprint density at radius 2 is 1.76 bits per heavy atom. The first-order valence-corrected chi connectivity index (χ1v) is 9.55. The highest BCUT2D eigenvalue weighted by Crippen LogP contribution is 2.21. The van der Waals surface area contributed by atoms with Crippen molar-refractivity contribution in [3.05, 3.63) is 83.8 Å². The van der Waals surface area contributed by atoms with E-state index in [4.69, 9.17) is 4.42 Å². The molecule has 150 valence electrons. The highest BCUT2D eigenvalue weighted by Gasteiger charge is 2.17. The molecule has 6 heteroatoms. The Morgan fingerprint density at radius 1 is 0.966 bits per heavy atom. The minimum atomic E-state index is -0.386. The molecule has 0 saturated carbocycles. The normalized spacial score (nSPS) is 10.4. The number of para-hydroxylation sites is 2.